The standard InChI is InChI=1S/C16H20N4O2S/c1-11-18-19-15(23)20(11)13-5-3-4-12(10-13)17-14(21)16(6-7-16)8-9-22-2/h3-5,10H,6-9H2,1-2H3,(H,17,21)(H,19,23). The van der Waals surface area contributed by atoms with Gasteiger partial charge in [-0.3, -0.25) is 14.5 Å². The third-order valence-corrected chi connectivity index (χ3v) is 4.60. The summed E-state index contributed by atoms with van der Waals surface area (Å²) in [5.74, 6) is 0.844. The molecule has 7 heteroatoms. The van der Waals surface area contributed by atoms with Gasteiger partial charge in [0.1, 0.15) is 5.82 Å². The molecule has 0 saturated heterocycles. The van der Waals surface area contributed by atoms with Crippen LogP contribution in [0.4, 0.5) is 5.69 Å². The van der Waals surface area contributed by atoms with Gasteiger partial charge in [-0.25, -0.2) is 0 Å². The van der Waals surface area contributed by atoms with Crippen molar-refractivity contribution in [2.45, 2.75) is 26.2 Å². The minimum absolute atomic E-state index is 0.0687. The predicted molar refractivity (Wildman–Crippen MR) is 90.3 cm³/mol. The number of hydrogen-bond donors (Lipinski definition) is 2. The number of H-pyrrole nitrogens is 1. The molecule has 1 heterocycles. The maximum absolute atomic E-state index is 12.5. The monoisotopic (exact) mass is 332 g/mol. The highest BCUT2D eigenvalue weighted by Gasteiger charge is 2.49. The van der Waals surface area contributed by atoms with Gasteiger partial charge in [-0.15, -0.1) is 0 Å². The van der Waals surface area contributed by atoms with Crippen LogP contribution in [0.2, 0.25) is 0 Å². The molecule has 122 valence electrons. The third-order valence-electron chi connectivity index (χ3n) is 4.32. The number of aryl methyl sites for hydroxylation is 1. The van der Waals surface area contributed by atoms with Crippen LogP contribution in [-0.2, 0) is 9.53 Å². The van der Waals surface area contributed by atoms with E-state index in [0.717, 1.165) is 36.5 Å². The molecule has 1 saturated carbocycles. The highest BCUT2D eigenvalue weighted by Crippen LogP contribution is 2.49. The van der Waals surface area contributed by atoms with Crippen LogP contribution in [0.25, 0.3) is 5.69 Å². The first kappa shape index (κ1) is 15.9. The summed E-state index contributed by atoms with van der Waals surface area (Å²) in [5, 5.41) is 9.90. The number of methoxy groups -OCH3 is 1. The van der Waals surface area contributed by atoms with Gasteiger partial charge in [0.05, 0.1) is 11.1 Å². The van der Waals surface area contributed by atoms with Crippen LogP contribution in [0.3, 0.4) is 0 Å². The number of aromatic amines is 1. The summed E-state index contributed by atoms with van der Waals surface area (Å²) >= 11 is 5.25. The van der Waals surface area contributed by atoms with Crippen molar-refractivity contribution in [3.05, 3.63) is 34.9 Å². The molecule has 0 atom stereocenters. The van der Waals surface area contributed by atoms with E-state index < -0.39 is 0 Å². The van der Waals surface area contributed by atoms with E-state index in [2.05, 4.69) is 15.5 Å². The fraction of sp³-hybridized carbons (Fsp3) is 0.438. The number of ether oxygens (including phenoxy) is 1. The van der Waals surface area contributed by atoms with E-state index in [1.54, 1.807) is 7.11 Å². The maximum atomic E-state index is 12.5. The average molecular weight is 332 g/mol. The summed E-state index contributed by atoms with van der Waals surface area (Å²) in [7, 11) is 1.66. The van der Waals surface area contributed by atoms with Crippen molar-refractivity contribution in [2.75, 3.05) is 19.0 Å². The molecule has 1 amide bonds. The Morgan fingerprint density at radius 1 is 1.52 bits per heavy atom. The zero-order valence-corrected chi connectivity index (χ0v) is 14.1. The molecule has 2 aromatic rings. The van der Waals surface area contributed by atoms with Crippen molar-refractivity contribution in [3.8, 4) is 5.69 Å². The minimum atomic E-state index is -0.256. The van der Waals surface area contributed by atoms with Gasteiger partial charge in [0.15, 0.2) is 4.77 Å². The second-order valence-corrected chi connectivity index (χ2v) is 6.33. The first-order valence-corrected chi connectivity index (χ1v) is 8.01. The highest BCUT2D eigenvalue weighted by atomic mass is 32.1. The van der Waals surface area contributed by atoms with E-state index in [0.29, 0.717) is 11.4 Å². The number of nitrogens with zero attached hydrogens (tertiary/aromatic N) is 2. The van der Waals surface area contributed by atoms with Gasteiger partial charge in [0.2, 0.25) is 5.91 Å². The van der Waals surface area contributed by atoms with Crippen molar-refractivity contribution in [3.63, 3.8) is 0 Å². The molecule has 2 N–H and O–H groups in total. The topological polar surface area (TPSA) is 71.9 Å². The molecule has 6 nitrogen and oxygen atoms in total. The molecule has 0 spiro atoms. The van der Waals surface area contributed by atoms with Crippen molar-refractivity contribution in [2.24, 2.45) is 5.41 Å². The first-order valence-electron chi connectivity index (χ1n) is 7.61. The fourth-order valence-corrected chi connectivity index (χ4v) is 2.99. The van der Waals surface area contributed by atoms with Gasteiger partial charge in [0, 0.05) is 19.4 Å². The predicted octanol–water partition coefficient (Wildman–Crippen LogP) is 2.99. The SMILES string of the molecule is COCCC1(C(=O)Nc2cccc(-n3c(C)n[nH]c3=S)c2)CC1. The Kier molecular flexibility index (Phi) is 4.32. The van der Waals surface area contributed by atoms with E-state index in [1.807, 2.05) is 35.8 Å². The van der Waals surface area contributed by atoms with Crippen molar-refractivity contribution >= 4 is 23.8 Å². The van der Waals surface area contributed by atoms with Gasteiger partial charge in [-0.05, 0) is 56.6 Å². The number of nitrogens with one attached hydrogen (secondary N) is 2. The number of aromatic nitrogens is 3. The molecule has 0 aliphatic heterocycles. The summed E-state index contributed by atoms with van der Waals surface area (Å²) in [4.78, 5) is 12.5. The summed E-state index contributed by atoms with van der Waals surface area (Å²) in [6, 6.07) is 7.62. The third kappa shape index (κ3) is 3.20. The number of hydrogen-bond acceptors (Lipinski definition) is 4. The molecule has 0 unspecified atom stereocenters. The van der Waals surface area contributed by atoms with Crippen LogP contribution in [0.15, 0.2) is 24.3 Å². The lowest BCUT2D eigenvalue weighted by molar-refractivity contribution is -0.121. The second-order valence-electron chi connectivity index (χ2n) is 5.94. The lowest BCUT2D eigenvalue weighted by Gasteiger charge is -2.15. The van der Waals surface area contributed by atoms with Gasteiger partial charge >= 0.3 is 0 Å². The Morgan fingerprint density at radius 3 is 2.91 bits per heavy atom. The van der Waals surface area contributed by atoms with Crippen LogP contribution in [-0.4, -0.2) is 34.4 Å². The number of rotatable bonds is 6. The molecule has 0 bridgehead atoms. The lowest BCUT2D eigenvalue weighted by Crippen LogP contribution is -2.25. The zero-order valence-electron chi connectivity index (χ0n) is 13.3. The summed E-state index contributed by atoms with van der Waals surface area (Å²) in [6.45, 7) is 2.48. The van der Waals surface area contributed by atoms with Crippen LogP contribution in [0.5, 0.6) is 0 Å². The lowest BCUT2D eigenvalue weighted by atomic mass is 10.0. The maximum Gasteiger partial charge on any atom is 0.230 e. The largest absolute Gasteiger partial charge is 0.385 e. The van der Waals surface area contributed by atoms with E-state index >= 15 is 0 Å². The smallest absolute Gasteiger partial charge is 0.230 e. The molecular formula is C16H20N4O2S. The van der Waals surface area contributed by atoms with Crippen LogP contribution in [0, 0.1) is 17.1 Å². The van der Waals surface area contributed by atoms with Crippen LogP contribution < -0.4 is 5.32 Å². The number of amides is 1. The van der Waals surface area contributed by atoms with Gasteiger partial charge in [-0.2, -0.15) is 5.10 Å². The number of anilines is 1. The minimum Gasteiger partial charge on any atom is -0.385 e. The Balaban J connectivity index is 1.79. The summed E-state index contributed by atoms with van der Waals surface area (Å²) < 4.78 is 7.48. The van der Waals surface area contributed by atoms with Gasteiger partial charge in [-0.1, -0.05) is 6.07 Å². The molecule has 1 fully saturated rings. The Hall–Kier alpha value is -1.99. The first-order chi connectivity index (χ1) is 11.1. The number of carbonyl (C=O) groups is 1. The molecule has 1 aliphatic carbocycles. The van der Waals surface area contributed by atoms with Crippen molar-refractivity contribution in [1.82, 2.24) is 14.8 Å². The quantitative estimate of drug-likeness (QED) is 0.798. The van der Waals surface area contributed by atoms with E-state index in [-0.39, 0.29) is 11.3 Å². The van der Waals surface area contributed by atoms with Gasteiger partial charge < -0.3 is 10.1 Å². The normalized spacial score (nSPS) is 15.4. The number of benzene rings is 1. The van der Waals surface area contributed by atoms with Crippen LogP contribution >= 0.6 is 12.2 Å². The molecular weight excluding hydrogens is 312 g/mol. The van der Waals surface area contributed by atoms with Crippen molar-refractivity contribution < 1.29 is 9.53 Å². The van der Waals surface area contributed by atoms with Crippen LogP contribution in [0.1, 0.15) is 25.1 Å². The number of carbonyl (C=O) groups excluding carboxylic acids is 1. The Morgan fingerprint density at radius 2 is 2.30 bits per heavy atom. The molecule has 0 radical (unpaired) electrons. The molecule has 3 rings (SSSR count). The molecule has 1 aromatic carbocycles. The van der Waals surface area contributed by atoms with Crippen molar-refractivity contribution in [1.29, 1.82) is 0 Å². The van der Waals surface area contributed by atoms with E-state index in [4.69, 9.17) is 17.0 Å². The average Bonchev–Trinajstić information content (AvgIpc) is 3.26. The molecule has 23 heavy (non-hydrogen) atoms. The second kappa shape index (κ2) is 6.25. The van der Waals surface area contributed by atoms with E-state index in [1.165, 1.54) is 0 Å². The van der Waals surface area contributed by atoms with E-state index in [9.17, 15) is 4.79 Å². The highest BCUT2D eigenvalue weighted by molar-refractivity contribution is 7.71. The Bertz CT molecular complexity index is 776. The molecule has 1 aromatic heterocycles. The molecule has 1 aliphatic rings. The summed E-state index contributed by atoms with van der Waals surface area (Å²) in [6.07, 6.45) is 2.61. The van der Waals surface area contributed by atoms with Gasteiger partial charge in [0.25, 0.3) is 0 Å². The zero-order chi connectivity index (χ0) is 16.4. The fourth-order valence-electron chi connectivity index (χ4n) is 2.71. The summed E-state index contributed by atoms with van der Waals surface area (Å²) in [5.41, 5.74) is 1.38. The Labute approximate surface area is 139 Å².